The average molecular weight is 289 g/mol. The van der Waals surface area contributed by atoms with Gasteiger partial charge in [-0.25, -0.2) is 14.4 Å². The number of aliphatic hydroxyl groups excluding tert-OH is 1. The topological polar surface area (TPSA) is 55.2 Å². The molecule has 1 N–H and O–H groups in total. The number of aliphatic hydroxyl groups is 1. The first-order valence-electron chi connectivity index (χ1n) is 5.20. The van der Waals surface area contributed by atoms with Crippen molar-refractivity contribution in [3.63, 3.8) is 0 Å². The molecule has 0 spiro atoms. The quantitative estimate of drug-likeness (QED) is 0.940. The molecule has 0 saturated heterocycles. The third-order valence-electron chi connectivity index (χ3n) is 2.19. The highest BCUT2D eigenvalue weighted by molar-refractivity contribution is 7.15. The maximum absolute atomic E-state index is 14.0. The van der Waals surface area contributed by atoms with Crippen LogP contribution in [0, 0.1) is 5.82 Å². The minimum absolute atomic E-state index is 0.0690. The molecule has 0 radical (unpaired) electrons. The summed E-state index contributed by atoms with van der Waals surface area (Å²) in [5, 5.41) is 10.4. The lowest BCUT2D eigenvalue weighted by atomic mass is 10.1. The Kier molecular flexibility index (Phi) is 4.11. The molecular weight excluding hydrogens is 279 g/mol. The predicted octanol–water partition coefficient (Wildman–Crippen LogP) is 2.81. The molecule has 0 aromatic carbocycles. The zero-order valence-corrected chi connectivity index (χ0v) is 11.0. The maximum Gasteiger partial charge on any atom is 0.250 e. The zero-order valence-electron chi connectivity index (χ0n) is 9.43. The molecular formula is C11H10ClFN2O2S. The van der Waals surface area contributed by atoms with Gasteiger partial charge in [0.25, 0.3) is 5.88 Å². The standard InChI is InChI=1S/C11H10ClFN2O2S/c1-2-17-10-8(13)6(3-4-14-10)9(16)11-15-5-7(12)18-11/h3-5,9,16H,2H2,1H3. The molecule has 1 atom stereocenters. The van der Waals surface area contributed by atoms with Crippen molar-refractivity contribution < 1.29 is 14.2 Å². The van der Waals surface area contributed by atoms with Gasteiger partial charge < -0.3 is 9.84 Å². The number of nitrogens with zero attached hydrogens (tertiary/aromatic N) is 2. The minimum Gasteiger partial charge on any atom is -0.476 e. The molecule has 2 aromatic rings. The lowest BCUT2D eigenvalue weighted by molar-refractivity contribution is 0.210. The van der Waals surface area contributed by atoms with Crippen molar-refractivity contribution in [2.45, 2.75) is 13.0 Å². The van der Waals surface area contributed by atoms with Crippen LogP contribution in [0.25, 0.3) is 0 Å². The van der Waals surface area contributed by atoms with Gasteiger partial charge >= 0.3 is 0 Å². The number of thiazole rings is 1. The Morgan fingerprint density at radius 1 is 1.56 bits per heavy atom. The van der Waals surface area contributed by atoms with Crippen LogP contribution in [0.3, 0.4) is 0 Å². The van der Waals surface area contributed by atoms with Gasteiger partial charge in [0.2, 0.25) is 0 Å². The van der Waals surface area contributed by atoms with Crippen LogP contribution in [0.1, 0.15) is 23.6 Å². The second-order valence-electron chi connectivity index (χ2n) is 3.36. The van der Waals surface area contributed by atoms with Gasteiger partial charge in [-0.1, -0.05) is 11.6 Å². The highest BCUT2D eigenvalue weighted by atomic mass is 35.5. The summed E-state index contributed by atoms with van der Waals surface area (Å²) >= 11 is 6.82. The highest BCUT2D eigenvalue weighted by Crippen LogP contribution is 2.31. The van der Waals surface area contributed by atoms with Crippen LogP contribution < -0.4 is 4.74 Å². The van der Waals surface area contributed by atoms with E-state index in [4.69, 9.17) is 16.3 Å². The Labute approximate surface area is 112 Å². The van der Waals surface area contributed by atoms with Gasteiger partial charge in [0.1, 0.15) is 15.4 Å². The summed E-state index contributed by atoms with van der Waals surface area (Å²) in [5.74, 6) is -0.810. The maximum atomic E-state index is 14.0. The molecule has 96 valence electrons. The van der Waals surface area contributed by atoms with E-state index in [9.17, 15) is 9.50 Å². The number of rotatable bonds is 4. The lowest BCUT2D eigenvalue weighted by Crippen LogP contribution is -2.06. The second kappa shape index (κ2) is 5.60. The van der Waals surface area contributed by atoms with Crippen LogP contribution in [0.15, 0.2) is 18.5 Å². The zero-order chi connectivity index (χ0) is 13.1. The van der Waals surface area contributed by atoms with E-state index in [-0.39, 0.29) is 11.4 Å². The molecule has 0 amide bonds. The van der Waals surface area contributed by atoms with Crippen molar-refractivity contribution in [1.82, 2.24) is 9.97 Å². The summed E-state index contributed by atoms with van der Waals surface area (Å²) in [6, 6.07) is 1.39. The molecule has 18 heavy (non-hydrogen) atoms. The van der Waals surface area contributed by atoms with E-state index in [1.54, 1.807) is 6.92 Å². The van der Waals surface area contributed by atoms with E-state index in [2.05, 4.69) is 9.97 Å². The Bertz CT molecular complexity index is 550. The van der Waals surface area contributed by atoms with Gasteiger partial charge in [0.15, 0.2) is 5.82 Å². The van der Waals surface area contributed by atoms with E-state index in [0.29, 0.717) is 16.0 Å². The molecule has 0 aliphatic heterocycles. The number of hydrogen-bond acceptors (Lipinski definition) is 5. The normalized spacial score (nSPS) is 12.4. The SMILES string of the molecule is CCOc1nccc(C(O)c2ncc(Cl)s2)c1F. The summed E-state index contributed by atoms with van der Waals surface area (Å²) in [4.78, 5) is 7.68. The third-order valence-corrected chi connectivity index (χ3v) is 3.36. The van der Waals surface area contributed by atoms with Crippen molar-refractivity contribution >= 4 is 22.9 Å². The van der Waals surface area contributed by atoms with Crippen LogP contribution in [0.2, 0.25) is 4.34 Å². The lowest BCUT2D eigenvalue weighted by Gasteiger charge is -2.11. The van der Waals surface area contributed by atoms with E-state index >= 15 is 0 Å². The fourth-order valence-electron chi connectivity index (χ4n) is 1.41. The van der Waals surface area contributed by atoms with E-state index in [0.717, 1.165) is 11.3 Å². The first-order chi connectivity index (χ1) is 8.63. The fraction of sp³-hybridized carbons (Fsp3) is 0.273. The summed E-state index contributed by atoms with van der Waals surface area (Å²) in [5.41, 5.74) is 0.0690. The molecule has 2 heterocycles. The van der Waals surface area contributed by atoms with Crippen molar-refractivity contribution in [2.24, 2.45) is 0 Å². The number of hydrogen-bond donors (Lipinski definition) is 1. The van der Waals surface area contributed by atoms with Crippen molar-refractivity contribution in [3.8, 4) is 5.88 Å². The largest absolute Gasteiger partial charge is 0.476 e. The molecule has 4 nitrogen and oxygen atoms in total. The molecule has 0 saturated carbocycles. The van der Waals surface area contributed by atoms with Crippen LogP contribution in [0.4, 0.5) is 4.39 Å². The first-order valence-corrected chi connectivity index (χ1v) is 6.39. The predicted molar refractivity (Wildman–Crippen MR) is 66.5 cm³/mol. The molecule has 0 aliphatic carbocycles. The van der Waals surface area contributed by atoms with E-state index in [1.165, 1.54) is 18.5 Å². The summed E-state index contributed by atoms with van der Waals surface area (Å²) in [6.45, 7) is 2.03. The number of pyridine rings is 1. The number of ether oxygens (including phenoxy) is 1. The van der Waals surface area contributed by atoms with Crippen LogP contribution >= 0.6 is 22.9 Å². The van der Waals surface area contributed by atoms with Gasteiger partial charge in [-0.15, -0.1) is 11.3 Å². The second-order valence-corrected chi connectivity index (χ2v) is 5.05. The number of halogens is 2. The van der Waals surface area contributed by atoms with Gasteiger partial charge in [0.05, 0.1) is 12.8 Å². The van der Waals surface area contributed by atoms with Gasteiger partial charge in [-0.05, 0) is 13.0 Å². The molecule has 2 rings (SSSR count). The molecule has 0 bridgehead atoms. The van der Waals surface area contributed by atoms with Crippen molar-refractivity contribution in [3.05, 3.63) is 39.2 Å². The molecule has 0 aliphatic rings. The van der Waals surface area contributed by atoms with Gasteiger partial charge in [-0.3, -0.25) is 0 Å². The Hall–Kier alpha value is -1.24. The fourth-order valence-corrected chi connectivity index (χ4v) is 2.35. The molecule has 1 unspecified atom stereocenters. The Morgan fingerprint density at radius 3 is 2.94 bits per heavy atom. The summed E-state index contributed by atoms with van der Waals surface area (Å²) in [7, 11) is 0. The van der Waals surface area contributed by atoms with Crippen LogP contribution in [-0.2, 0) is 0 Å². The Morgan fingerprint density at radius 2 is 2.33 bits per heavy atom. The monoisotopic (exact) mass is 288 g/mol. The third kappa shape index (κ3) is 2.60. The van der Waals surface area contributed by atoms with Crippen LogP contribution in [0.5, 0.6) is 5.88 Å². The molecule has 2 aromatic heterocycles. The van der Waals surface area contributed by atoms with Crippen molar-refractivity contribution in [2.75, 3.05) is 6.61 Å². The smallest absolute Gasteiger partial charge is 0.250 e. The highest BCUT2D eigenvalue weighted by Gasteiger charge is 2.21. The van der Waals surface area contributed by atoms with Gasteiger partial charge in [0, 0.05) is 11.8 Å². The average Bonchev–Trinajstić information content (AvgIpc) is 2.78. The minimum atomic E-state index is -1.18. The number of aromatic nitrogens is 2. The molecule has 7 heteroatoms. The van der Waals surface area contributed by atoms with E-state index in [1.807, 2.05) is 0 Å². The Balaban J connectivity index is 2.35. The van der Waals surface area contributed by atoms with E-state index < -0.39 is 11.9 Å². The summed E-state index contributed by atoms with van der Waals surface area (Å²) in [6.07, 6.45) is 1.61. The molecule has 0 fully saturated rings. The van der Waals surface area contributed by atoms with Crippen LogP contribution in [-0.4, -0.2) is 21.7 Å². The van der Waals surface area contributed by atoms with Gasteiger partial charge in [-0.2, -0.15) is 0 Å². The summed E-state index contributed by atoms with van der Waals surface area (Å²) < 4.78 is 19.5. The first kappa shape index (κ1) is 13.2. The van der Waals surface area contributed by atoms with Crippen molar-refractivity contribution in [1.29, 1.82) is 0 Å².